The fourth-order valence-corrected chi connectivity index (χ4v) is 3.38. The number of imidazole rings is 1. The standard InChI is InChI=1S/C20H17FN4OS/c1-12-3-5-15(6-4-12)19-25-24-18(26-19)13(2)27-20-22-11-17(23-20)14-7-9-16(21)10-8-14/h3-11,13H,1-2H3,(H,22,23). The molecule has 2 aromatic heterocycles. The van der Waals surface area contributed by atoms with Crippen molar-refractivity contribution in [1.29, 1.82) is 0 Å². The molecule has 0 bridgehead atoms. The summed E-state index contributed by atoms with van der Waals surface area (Å²) in [5.41, 5.74) is 3.78. The normalized spacial score (nSPS) is 12.3. The highest BCUT2D eigenvalue weighted by Gasteiger charge is 2.18. The Morgan fingerprint density at radius 3 is 2.44 bits per heavy atom. The first-order chi connectivity index (χ1) is 13.1. The lowest BCUT2D eigenvalue weighted by Gasteiger charge is -2.03. The lowest BCUT2D eigenvalue weighted by Crippen LogP contribution is -1.89. The van der Waals surface area contributed by atoms with Gasteiger partial charge in [0.25, 0.3) is 0 Å². The van der Waals surface area contributed by atoms with Gasteiger partial charge in [-0.2, -0.15) is 0 Å². The molecule has 2 heterocycles. The molecule has 136 valence electrons. The van der Waals surface area contributed by atoms with Crippen molar-refractivity contribution in [1.82, 2.24) is 20.2 Å². The molecule has 7 heteroatoms. The summed E-state index contributed by atoms with van der Waals surface area (Å²) >= 11 is 1.49. The molecule has 0 saturated heterocycles. The molecule has 1 unspecified atom stereocenters. The molecule has 4 rings (SSSR count). The number of thioether (sulfide) groups is 1. The summed E-state index contributed by atoms with van der Waals surface area (Å²) in [5.74, 6) is 0.779. The second kappa shape index (κ2) is 7.36. The molecule has 4 aromatic rings. The van der Waals surface area contributed by atoms with E-state index in [-0.39, 0.29) is 11.1 Å². The van der Waals surface area contributed by atoms with Crippen LogP contribution in [0.3, 0.4) is 0 Å². The third kappa shape index (κ3) is 3.93. The van der Waals surface area contributed by atoms with E-state index in [4.69, 9.17) is 4.42 Å². The van der Waals surface area contributed by atoms with E-state index in [1.54, 1.807) is 18.3 Å². The molecular formula is C20H17FN4OS. The molecule has 0 aliphatic heterocycles. The number of hydrogen-bond donors (Lipinski definition) is 1. The van der Waals surface area contributed by atoms with Gasteiger partial charge in [-0.3, -0.25) is 0 Å². The van der Waals surface area contributed by atoms with E-state index in [0.29, 0.717) is 11.8 Å². The van der Waals surface area contributed by atoms with Crippen molar-refractivity contribution >= 4 is 11.8 Å². The SMILES string of the molecule is Cc1ccc(-c2nnc(C(C)Sc3ncc(-c4ccc(F)cc4)[nH]3)o2)cc1. The average Bonchev–Trinajstić information content (AvgIpc) is 3.33. The van der Waals surface area contributed by atoms with Crippen LogP contribution in [0.4, 0.5) is 4.39 Å². The third-order valence-corrected chi connectivity index (χ3v) is 5.07. The Kier molecular flexibility index (Phi) is 4.77. The quantitative estimate of drug-likeness (QED) is 0.468. The molecular weight excluding hydrogens is 363 g/mol. The molecule has 0 fully saturated rings. The summed E-state index contributed by atoms with van der Waals surface area (Å²) in [6.07, 6.45) is 1.73. The summed E-state index contributed by atoms with van der Waals surface area (Å²) < 4.78 is 18.9. The van der Waals surface area contributed by atoms with E-state index in [1.807, 2.05) is 38.1 Å². The highest BCUT2D eigenvalue weighted by Crippen LogP contribution is 2.34. The Morgan fingerprint density at radius 2 is 1.70 bits per heavy atom. The third-order valence-electron chi connectivity index (χ3n) is 4.08. The number of hydrogen-bond acceptors (Lipinski definition) is 5. The van der Waals surface area contributed by atoms with Crippen molar-refractivity contribution in [3.8, 4) is 22.7 Å². The minimum Gasteiger partial charge on any atom is -0.419 e. The molecule has 0 saturated carbocycles. The van der Waals surface area contributed by atoms with Crippen LogP contribution in [0.25, 0.3) is 22.7 Å². The summed E-state index contributed by atoms with van der Waals surface area (Å²) in [6, 6.07) is 14.2. The molecule has 0 amide bonds. The summed E-state index contributed by atoms with van der Waals surface area (Å²) in [6.45, 7) is 4.02. The molecule has 0 radical (unpaired) electrons. The first-order valence-corrected chi connectivity index (χ1v) is 9.34. The average molecular weight is 380 g/mol. The number of benzene rings is 2. The van der Waals surface area contributed by atoms with Crippen molar-refractivity contribution in [3.63, 3.8) is 0 Å². The Hall–Kier alpha value is -2.93. The predicted molar refractivity (Wildman–Crippen MR) is 103 cm³/mol. The zero-order valence-electron chi connectivity index (χ0n) is 14.8. The van der Waals surface area contributed by atoms with Crippen LogP contribution in [0.15, 0.2) is 64.3 Å². The van der Waals surface area contributed by atoms with Gasteiger partial charge in [-0.15, -0.1) is 10.2 Å². The van der Waals surface area contributed by atoms with Crippen LogP contribution in [0.1, 0.15) is 23.6 Å². The van der Waals surface area contributed by atoms with Crippen LogP contribution in [0, 0.1) is 12.7 Å². The van der Waals surface area contributed by atoms with Gasteiger partial charge >= 0.3 is 0 Å². The van der Waals surface area contributed by atoms with Crippen LogP contribution in [-0.4, -0.2) is 20.2 Å². The molecule has 1 atom stereocenters. The first-order valence-electron chi connectivity index (χ1n) is 8.46. The number of halogens is 1. The minimum absolute atomic E-state index is 0.0658. The van der Waals surface area contributed by atoms with Gasteiger partial charge < -0.3 is 9.40 Å². The van der Waals surface area contributed by atoms with E-state index in [2.05, 4.69) is 20.2 Å². The smallest absolute Gasteiger partial charge is 0.247 e. The topological polar surface area (TPSA) is 67.6 Å². The molecule has 0 aliphatic rings. The van der Waals surface area contributed by atoms with Crippen molar-refractivity contribution in [2.75, 3.05) is 0 Å². The maximum absolute atomic E-state index is 13.1. The van der Waals surface area contributed by atoms with E-state index >= 15 is 0 Å². The van der Waals surface area contributed by atoms with Crippen LogP contribution in [-0.2, 0) is 0 Å². The molecule has 0 spiro atoms. The lowest BCUT2D eigenvalue weighted by molar-refractivity contribution is 0.509. The highest BCUT2D eigenvalue weighted by molar-refractivity contribution is 7.99. The van der Waals surface area contributed by atoms with Gasteiger partial charge in [0.1, 0.15) is 5.82 Å². The van der Waals surface area contributed by atoms with Gasteiger partial charge in [-0.05, 0) is 55.8 Å². The van der Waals surface area contributed by atoms with Gasteiger partial charge in [0.15, 0.2) is 5.16 Å². The van der Waals surface area contributed by atoms with Gasteiger partial charge in [-0.25, -0.2) is 9.37 Å². The molecule has 0 aliphatic carbocycles. The van der Waals surface area contributed by atoms with Gasteiger partial charge in [-0.1, -0.05) is 29.5 Å². The number of aromatic nitrogens is 4. The maximum atomic E-state index is 13.1. The number of aromatic amines is 1. The Labute approximate surface area is 160 Å². The van der Waals surface area contributed by atoms with E-state index in [1.165, 1.54) is 29.5 Å². The number of nitrogens with zero attached hydrogens (tertiary/aromatic N) is 3. The Morgan fingerprint density at radius 1 is 1.00 bits per heavy atom. The van der Waals surface area contributed by atoms with Crippen LogP contribution >= 0.6 is 11.8 Å². The van der Waals surface area contributed by atoms with Crippen LogP contribution < -0.4 is 0 Å². The van der Waals surface area contributed by atoms with Crippen molar-refractivity contribution in [2.45, 2.75) is 24.3 Å². The van der Waals surface area contributed by atoms with E-state index in [0.717, 1.165) is 22.0 Å². The number of aryl methyl sites for hydroxylation is 1. The van der Waals surface area contributed by atoms with E-state index < -0.39 is 0 Å². The number of nitrogens with one attached hydrogen (secondary N) is 1. The zero-order chi connectivity index (χ0) is 18.8. The second-order valence-corrected chi connectivity index (χ2v) is 7.51. The second-order valence-electron chi connectivity index (χ2n) is 6.18. The Bertz CT molecular complexity index is 1040. The first kappa shape index (κ1) is 17.5. The number of rotatable bonds is 5. The summed E-state index contributed by atoms with van der Waals surface area (Å²) in [5, 5.41) is 8.98. The largest absolute Gasteiger partial charge is 0.419 e. The predicted octanol–water partition coefficient (Wildman–Crippen LogP) is 5.43. The summed E-state index contributed by atoms with van der Waals surface area (Å²) in [7, 11) is 0. The highest BCUT2D eigenvalue weighted by atomic mass is 32.2. The molecule has 2 aromatic carbocycles. The zero-order valence-corrected chi connectivity index (χ0v) is 15.6. The van der Waals surface area contributed by atoms with E-state index in [9.17, 15) is 4.39 Å². The lowest BCUT2D eigenvalue weighted by atomic mass is 10.1. The van der Waals surface area contributed by atoms with Crippen molar-refractivity contribution in [2.24, 2.45) is 0 Å². The number of H-pyrrole nitrogens is 1. The van der Waals surface area contributed by atoms with Crippen molar-refractivity contribution in [3.05, 3.63) is 72.0 Å². The fourth-order valence-electron chi connectivity index (χ4n) is 2.57. The molecule has 27 heavy (non-hydrogen) atoms. The fraction of sp³-hybridized carbons (Fsp3) is 0.150. The van der Waals surface area contributed by atoms with Crippen LogP contribution in [0.5, 0.6) is 0 Å². The van der Waals surface area contributed by atoms with Crippen LogP contribution in [0.2, 0.25) is 0 Å². The monoisotopic (exact) mass is 380 g/mol. The van der Waals surface area contributed by atoms with Gasteiger partial charge in [0.2, 0.25) is 11.8 Å². The van der Waals surface area contributed by atoms with Crippen molar-refractivity contribution < 1.29 is 8.81 Å². The maximum Gasteiger partial charge on any atom is 0.247 e. The molecule has 5 nitrogen and oxygen atoms in total. The van der Waals surface area contributed by atoms with Gasteiger partial charge in [0, 0.05) is 5.56 Å². The Balaban J connectivity index is 1.47. The molecule has 1 N–H and O–H groups in total. The van der Waals surface area contributed by atoms with Gasteiger partial charge in [0.05, 0.1) is 17.1 Å². The summed E-state index contributed by atoms with van der Waals surface area (Å²) in [4.78, 5) is 7.61. The minimum atomic E-state index is -0.262.